The SMILES string of the molecule is Cc1cccc(OCCOCCS)c1C. The summed E-state index contributed by atoms with van der Waals surface area (Å²) in [5.74, 6) is 1.70. The molecule has 0 atom stereocenters. The number of aryl methyl sites for hydroxylation is 1. The van der Waals surface area contributed by atoms with Crippen molar-refractivity contribution in [1.29, 1.82) is 0 Å². The van der Waals surface area contributed by atoms with E-state index in [-0.39, 0.29) is 0 Å². The maximum absolute atomic E-state index is 5.61. The van der Waals surface area contributed by atoms with Gasteiger partial charge in [0.15, 0.2) is 0 Å². The maximum Gasteiger partial charge on any atom is 0.122 e. The molecule has 0 amide bonds. The van der Waals surface area contributed by atoms with E-state index in [1.807, 2.05) is 12.1 Å². The highest BCUT2D eigenvalue weighted by Gasteiger charge is 2.00. The smallest absolute Gasteiger partial charge is 0.122 e. The molecule has 2 nitrogen and oxygen atoms in total. The molecule has 0 unspecified atom stereocenters. The summed E-state index contributed by atoms with van der Waals surface area (Å²) in [6.07, 6.45) is 0. The van der Waals surface area contributed by atoms with Crippen LogP contribution in [0.25, 0.3) is 0 Å². The molecule has 0 radical (unpaired) electrons. The van der Waals surface area contributed by atoms with Crippen LogP contribution in [-0.2, 0) is 4.74 Å². The highest BCUT2D eigenvalue weighted by molar-refractivity contribution is 7.80. The molecular weight excluding hydrogens is 208 g/mol. The Morgan fingerprint density at radius 3 is 2.67 bits per heavy atom. The molecule has 0 fully saturated rings. The van der Waals surface area contributed by atoms with Gasteiger partial charge in [0, 0.05) is 5.75 Å². The van der Waals surface area contributed by atoms with E-state index in [0.717, 1.165) is 11.5 Å². The van der Waals surface area contributed by atoms with Gasteiger partial charge in [0.1, 0.15) is 12.4 Å². The number of hydrogen-bond donors (Lipinski definition) is 1. The fraction of sp³-hybridized carbons (Fsp3) is 0.500. The van der Waals surface area contributed by atoms with E-state index in [1.54, 1.807) is 0 Å². The lowest BCUT2D eigenvalue weighted by atomic mass is 10.1. The predicted molar refractivity (Wildman–Crippen MR) is 66.1 cm³/mol. The average molecular weight is 226 g/mol. The zero-order valence-electron chi connectivity index (χ0n) is 9.32. The Kier molecular flexibility index (Phi) is 5.58. The van der Waals surface area contributed by atoms with Gasteiger partial charge < -0.3 is 9.47 Å². The van der Waals surface area contributed by atoms with E-state index >= 15 is 0 Å². The van der Waals surface area contributed by atoms with Crippen molar-refractivity contribution < 1.29 is 9.47 Å². The Bertz CT molecular complexity index is 300. The largest absolute Gasteiger partial charge is 0.491 e. The summed E-state index contributed by atoms with van der Waals surface area (Å²) in [7, 11) is 0. The van der Waals surface area contributed by atoms with E-state index in [1.165, 1.54) is 11.1 Å². The predicted octanol–water partition coefficient (Wildman–Crippen LogP) is 2.63. The van der Waals surface area contributed by atoms with Gasteiger partial charge in [-0.2, -0.15) is 12.6 Å². The van der Waals surface area contributed by atoms with Crippen molar-refractivity contribution in [2.45, 2.75) is 13.8 Å². The standard InChI is InChI=1S/C12H18O2S/c1-10-4-3-5-12(11(10)2)14-7-6-13-8-9-15/h3-5,15H,6-9H2,1-2H3. The first-order valence-electron chi connectivity index (χ1n) is 5.13. The molecule has 1 aromatic rings. The van der Waals surface area contributed by atoms with Gasteiger partial charge in [0.25, 0.3) is 0 Å². The number of ether oxygens (including phenoxy) is 2. The summed E-state index contributed by atoms with van der Waals surface area (Å²) in [6.45, 7) is 6.05. The van der Waals surface area contributed by atoms with Crippen molar-refractivity contribution >= 4 is 12.6 Å². The molecule has 3 heteroatoms. The molecule has 1 rings (SSSR count). The summed E-state index contributed by atoms with van der Waals surface area (Å²) in [4.78, 5) is 0. The second-order valence-corrected chi connectivity index (χ2v) is 3.83. The molecule has 0 aliphatic heterocycles. The van der Waals surface area contributed by atoms with Crippen LogP contribution in [0.2, 0.25) is 0 Å². The third-order valence-electron chi connectivity index (χ3n) is 2.28. The van der Waals surface area contributed by atoms with E-state index in [9.17, 15) is 0 Å². The minimum absolute atomic E-state index is 0.595. The molecule has 0 N–H and O–H groups in total. The van der Waals surface area contributed by atoms with Crippen LogP contribution < -0.4 is 4.74 Å². The fourth-order valence-electron chi connectivity index (χ4n) is 1.26. The number of thiol groups is 1. The summed E-state index contributed by atoms with van der Waals surface area (Å²) < 4.78 is 10.9. The van der Waals surface area contributed by atoms with Crippen molar-refractivity contribution in [3.8, 4) is 5.75 Å². The molecule has 1 aromatic carbocycles. The molecular formula is C12H18O2S. The zero-order chi connectivity index (χ0) is 11.1. The van der Waals surface area contributed by atoms with Gasteiger partial charge in [-0.25, -0.2) is 0 Å². The third-order valence-corrected chi connectivity index (χ3v) is 2.46. The second-order valence-electron chi connectivity index (χ2n) is 3.38. The highest BCUT2D eigenvalue weighted by atomic mass is 32.1. The van der Waals surface area contributed by atoms with E-state index in [4.69, 9.17) is 9.47 Å². The Balaban J connectivity index is 2.34. The molecule has 15 heavy (non-hydrogen) atoms. The van der Waals surface area contributed by atoms with Crippen molar-refractivity contribution in [1.82, 2.24) is 0 Å². The van der Waals surface area contributed by atoms with Gasteiger partial charge in [0.2, 0.25) is 0 Å². The zero-order valence-corrected chi connectivity index (χ0v) is 10.2. The van der Waals surface area contributed by atoms with Crippen LogP contribution in [0.5, 0.6) is 5.75 Å². The summed E-state index contributed by atoms with van der Waals surface area (Å²) in [5.41, 5.74) is 2.45. The van der Waals surface area contributed by atoms with E-state index < -0.39 is 0 Å². The summed E-state index contributed by atoms with van der Waals surface area (Å²) >= 11 is 4.06. The van der Waals surface area contributed by atoms with Crippen LogP contribution in [-0.4, -0.2) is 25.6 Å². The molecule has 0 saturated carbocycles. The molecule has 0 heterocycles. The first kappa shape index (κ1) is 12.4. The van der Waals surface area contributed by atoms with Crippen LogP contribution in [0.4, 0.5) is 0 Å². The lowest BCUT2D eigenvalue weighted by Gasteiger charge is -2.10. The Labute approximate surface area is 97.0 Å². The fourth-order valence-corrected chi connectivity index (χ4v) is 1.39. The Hall–Kier alpha value is -0.670. The van der Waals surface area contributed by atoms with Gasteiger partial charge >= 0.3 is 0 Å². The number of rotatable bonds is 6. The third kappa shape index (κ3) is 4.14. The van der Waals surface area contributed by atoms with Gasteiger partial charge in [-0.3, -0.25) is 0 Å². The van der Waals surface area contributed by atoms with Crippen molar-refractivity contribution in [3.63, 3.8) is 0 Å². The monoisotopic (exact) mass is 226 g/mol. The topological polar surface area (TPSA) is 18.5 Å². The summed E-state index contributed by atoms with van der Waals surface area (Å²) in [5, 5.41) is 0. The molecule has 0 aliphatic carbocycles. The van der Waals surface area contributed by atoms with E-state index in [2.05, 4.69) is 32.5 Å². The molecule has 84 valence electrons. The van der Waals surface area contributed by atoms with Crippen LogP contribution in [0.15, 0.2) is 18.2 Å². The number of benzene rings is 1. The van der Waals surface area contributed by atoms with Gasteiger partial charge in [-0.1, -0.05) is 12.1 Å². The molecule has 0 aliphatic rings. The lowest BCUT2D eigenvalue weighted by molar-refractivity contribution is 0.112. The van der Waals surface area contributed by atoms with Crippen molar-refractivity contribution in [2.75, 3.05) is 25.6 Å². The second kappa shape index (κ2) is 6.75. The lowest BCUT2D eigenvalue weighted by Crippen LogP contribution is -2.08. The van der Waals surface area contributed by atoms with E-state index in [0.29, 0.717) is 19.8 Å². The van der Waals surface area contributed by atoms with Crippen LogP contribution in [0.3, 0.4) is 0 Å². The maximum atomic E-state index is 5.61. The quantitative estimate of drug-likeness (QED) is 0.594. The van der Waals surface area contributed by atoms with Crippen molar-refractivity contribution in [3.05, 3.63) is 29.3 Å². The van der Waals surface area contributed by atoms with Crippen LogP contribution in [0, 0.1) is 13.8 Å². The highest BCUT2D eigenvalue weighted by Crippen LogP contribution is 2.20. The first-order chi connectivity index (χ1) is 7.25. The van der Waals surface area contributed by atoms with Crippen LogP contribution >= 0.6 is 12.6 Å². The van der Waals surface area contributed by atoms with Gasteiger partial charge in [0.05, 0.1) is 13.2 Å². The summed E-state index contributed by atoms with van der Waals surface area (Å²) in [6, 6.07) is 6.08. The average Bonchev–Trinajstić information content (AvgIpc) is 2.24. The first-order valence-corrected chi connectivity index (χ1v) is 5.76. The molecule has 0 spiro atoms. The van der Waals surface area contributed by atoms with Crippen LogP contribution in [0.1, 0.15) is 11.1 Å². The van der Waals surface area contributed by atoms with Gasteiger partial charge in [-0.15, -0.1) is 0 Å². The van der Waals surface area contributed by atoms with Gasteiger partial charge in [-0.05, 0) is 31.0 Å². The molecule has 0 bridgehead atoms. The normalized spacial score (nSPS) is 10.3. The van der Waals surface area contributed by atoms with Crippen molar-refractivity contribution in [2.24, 2.45) is 0 Å². The molecule has 0 saturated heterocycles. The Morgan fingerprint density at radius 2 is 1.93 bits per heavy atom. The minimum Gasteiger partial charge on any atom is -0.491 e. The number of hydrogen-bond acceptors (Lipinski definition) is 3. The minimum atomic E-state index is 0.595. The molecule has 0 aromatic heterocycles. The Morgan fingerprint density at radius 1 is 1.13 bits per heavy atom.